The molecule has 1 saturated heterocycles. The van der Waals surface area contributed by atoms with E-state index in [1.807, 2.05) is 12.3 Å². The lowest BCUT2D eigenvalue weighted by atomic mass is 10.1. The first-order chi connectivity index (χ1) is 15.2. The molecule has 1 fully saturated rings. The molecule has 0 amide bonds. The van der Waals surface area contributed by atoms with Gasteiger partial charge in [0.15, 0.2) is 5.96 Å². The number of nitrogens with zero attached hydrogens (tertiary/aromatic N) is 2. The first-order valence-corrected chi connectivity index (χ1v) is 11.1. The van der Waals surface area contributed by atoms with Gasteiger partial charge in [-0.15, -0.1) is 0 Å². The number of benzene rings is 1. The minimum Gasteiger partial charge on any atom is -0.491 e. The lowest BCUT2D eigenvalue weighted by molar-refractivity contribution is 0.0676. The molecule has 2 heterocycles. The molecule has 0 saturated carbocycles. The molecular weight excluding hydrogens is 392 g/mol. The molecule has 2 aromatic rings. The maximum absolute atomic E-state index is 11.7. The summed E-state index contributed by atoms with van der Waals surface area (Å²) >= 11 is 0. The van der Waals surface area contributed by atoms with Gasteiger partial charge < -0.3 is 24.7 Å². The highest BCUT2D eigenvalue weighted by Gasteiger charge is 2.17. The second-order valence-electron chi connectivity index (χ2n) is 7.85. The zero-order valence-electron chi connectivity index (χ0n) is 18.6. The normalized spacial score (nSPS) is 16.3. The first kappa shape index (κ1) is 22.9. The Labute approximate surface area is 184 Å². The zero-order chi connectivity index (χ0) is 21.9. The summed E-state index contributed by atoms with van der Waals surface area (Å²) in [7, 11) is 1.77. The van der Waals surface area contributed by atoms with Gasteiger partial charge in [-0.25, -0.2) is 0 Å². The van der Waals surface area contributed by atoms with Crippen LogP contribution in [0.3, 0.4) is 0 Å². The molecule has 0 bridgehead atoms. The Bertz CT molecular complexity index is 904. The molecule has 2 N–H and O–H groups in total. The van der Waals surface area contributed by atoms with Crippen molar-refractivity contribution in [1.29, 1.82) is 0 Å². The van der Waals surface area contributed by atoms with Crippen LogP contribution in [0, 0.1) is 6.92 Å². The highest BCUT2D eigenvalue weighted by molar-refractivity contribution is 5.79. The monoisotopic (exact) mass is 426 g/mol. The van der Waals surface area contributed by atoms with Crippen molar-refractivity contribution in [3.05, 3.63) is 64.1 Å². The minimum atomic E-state index is 0.0450. The van der Waals surface area contributed by atoms with Crippen molar-refractivity contribution < 1.29 is 9.47 Å². The Morgan fingerprint density at radius 2 is 2.16 bits per heavy atom. The summed E-state index contributed by atoms with van der Waals surface area (Å²) in [4.78, 5) is 16.0. The maximum Gasteiger partial charge on any atom is 0.250 e. The van der Waals surface area contributed by atoms with E-state index in [1.165, 1.54) is 5.56 Å². The van der Waals surface area contributed by atoms with Gasteiger partial charge in [-0.3, -0.25) is 9.79 Å². The van der Waals surface area contributed by atoms with E-state index in [0.29, 0.717) is 13.2 Å². The van der Waals surface area contributed by atoms with Crippen LogP contribution in [0.4, 0.5) is 0 Å². The number of aryl methyl sites for hydroxylation is 2. The Morgan fingerprint density at radius 1 is 1.26 bits per heavy atom. The molecule has 1 atom stereocenters. The molecule has 0 radical (unpaired) electrons. The van der Waals surface area contributed by atoms with Gasteiger partial charge >= 0.3 is 0 Å². The van der Waals surface area contributed by atoms with Crippen LogP contribution in [-0.4, -0.2) is 43.4 Å². The lowest BCUT2D eigenvalue weighted by Gasteiger charge is -2.17. The number of pyridine rings is 1. The molecule has 0 aliphatic carbocycles. The van der Waals surface area contributed by atoms with Crippen LogP contribution >= 0.6 is 0 Å². The van der Waals surface area contributed by atoms with E-state index >= 15 is 0 Å². The van der Waals surface area contributed by atoms with Crippen molar-refractivity contribution in [3.8, 4) is 5.75 Å². The second-order valence-corrected chi connectivity index (χ2v) is 7.85. The van der Waals surface area contributed by atoms with Crippen LogP contribution in [0.1, 0.15) is 36.8 Å². The fraction of sp³-hybridized carbons (Fsp3) is 0.500. The highest BCUT2D eigenvalue weighted by Crippen LogP contribution is 2.22. The van der Waals surface area contributed by atoms with E-state index in [1.54, 1.807) is 23.7 Å². The number of aromatic nitrogens is 1. The third-order valence-corrected chi connectivity index (χ3v) is 5.36. The molecule has 7 nitrogen and oxygen atoms in total. The third kappa shape index (κ3) is 7.43. The summed E-state index contributed by atoms with van der Waals surface area (Å²) in [5.41, 5.74) is 2.31. The number of rotatable bonds is 10. The van der Waals surface area contributed by atoms with E-state index in [9.17, 15) is 4.79 Å². The molecule has 0 spiro atoms. The SMILES string of the molecule is CN=C(NCCCCn1ccccc1=O)NCc1ccc(C)cc1OCC1CCCO1. The number of ether oxygens (including phenoxy) is 2. The van der Waals surface area contributed by atoms with Crippen LogP contribution in [-0.2, 0) is 17.8 Å². The molecule has 1 aliphatic heterocycles. The van der Waals surface area contributed by atoms with Crippen LogP contribution in [0.25, 0.3) is 0 Å². The van der Waals surface area contributed by atoms with Gasteiger partial charge in [0.25, 0.3) is 0 Å². The van der Waals surface area contributed by atoms with Crippen molar-refractivity contribution in [3.63, 3.8) is 0 Å². The van der Waals surface area contributed by atoms with Gasteiger partial charge in [0.2, 0.25) is 5.56 Å². The van der Waals surface area contributed by atoms with Gasteiger partial charge in [0.05, 0.1) is 6.10 Å². The van der Waals surface area contributed by atoms with Crippen molar-refractivity contribution in [2.45, 2.75) is 51.8 Å². The van der Waals surface area contributed by atoms with Gasteiger partial charge in [-0.1, -0.05) is 18.2 Å². The topological polar surface area (TPSA) is 76.9 Å². The summed E-state index contributed by atoms with van der Waals surface area (Å²) in [6.45, 7) is 5.63. The number of hydrogen-bond donors (Lipinski definition) is 2. The quantitative estimate of drug-likeness (QED) is 0.347. The fourth-order valence-corrected chi connectivity index (χ4v) is 3.56. The smallest absolute Gasteiger partial charge is 0.250 e. The number of nitrogens with one attached hydrogen (secondary N) is 2. The summed E-state index contributed by atoms with van der Waals surface area (Å²) in [6, 6.07) is 11.5. The van der Waals surface area contributed by atoms with Crippen molar-refractivity contribution in [2.75, 3.05) is 26.8 Å². The summed E-state index contributed by atoms with van der Waals surface area (Å²) in [6.07, 6.45) is 6.07. The lowest BCUT2D eigenvalue weighted by Crippen LogP contribution is -2.37. The summed E-state index contributed by atoms with van der Waals surface area (Å²) < 4.78 is 13.5. The predicted octanol–water partition coefficient (Wildman–Crippen LogP) is 2.86. The number of guanidine groups is 1. The van der Waals surface area contributed by atoms with Gasteiger partial charge in [0, 0.05) is 51.1 Å². The molecule has 1 aromatic carbocycles. The van der Waals surface area contributed by atoms with Crippen LogP contribution < -0.4 is 20.9 Å². The standard InChI is InChI=1S/C24H34N4O3/c1-19-10-11-20(22(16-19)31-18-21-8-7-15-30-21)17-27-24(25-2)26-12-4-6-14-28-13-5-3-9-23(28)29/h3,5,9-11,13,16,21H,4,6-8,12,14-15,17-18H2,1-2H3,(H2,25,26,27). The number of unbranched alkanes of at least 4 members (excludes halogenated alkanes) is 1. The molecule has 7 heteroatoms. The van der Waals surface area contributed by atoms with E-state index in [0.717, 1.165) is 62.7 Å². The summed E-state index contributed by atoms with van der Waals surface area (Å²) in [5.74, 6) is 1.65. The van der Waals surface area contributed by atoms with E-state index in [4.69, 9.17) is 9.47 Å². The Hall–Kier alpha value is -2.80. The predicted molar refractivity (Wildman–Crippen MR) is 124 cm³/mol. The summed E-state index contributed by atoms with van der Waals surface area (Å²) in [5, 5.41) is 6.70. The van der Waals surface area contributed by atoms with Crippen LogP contribution in [0.2, 0.25) is 0 Å². The van der Waals surface area contributed by atoms with E-state index in [2.05, 4.69) is 40.7 Å². The number of aliphatic imine (C=N–C) groups is 1. The van der Waals surface area contributed by atoms with Gasteiger partial charge in [-0.05, 0) is 50.3 Å². The average Bonchev–Trinajstić information content (AvgIpc) is 3.30. The van der Waals surface area contributed by atoms with Crippen LogP contribution in [0.5, 0.6) is 5.75 Å². The molecule has 31 heavy (non-hydrogen) atoms. The van der Waals surface area contributed by atoms with Crippen LogP contribution in [0.15, 0.2) is 52.4 Å². The molecule has 1 unspecified atom stereocenters. The van der Waals surface area contributed by atoms with Crippen molar-refractivity contribution in [2.24, 2.45) is 4.99 Å². The minimum absolute atomic E-state index is 0.0450. The molecule has 1 aromatic heterocycles. The Balaban J connectivity index is 1.42. The average molecular weight is 427 g/mol. The van der Waals surface area contributed by atoms with Crippen molar-refractivity contribution >= 4 is 5.96 Å². The zero-order valence-corrected chi connectivity index (χ0v) is 18.6. The number of hydrogen-bond acceptors (Lipinski definition) is 4. The molecule has 3 rings (SSSR count). The first-order valence-electron chi connectivity index (χ1n) is 11.1. The second kappa shape index (κ2) is 12.2. The fourth-order valence-electron chi connectivity index (χ4n) is 3.56. The Morgan fingerprint density at radius 3 is 2.94 bits per heavy atom. The molecule has 1 aliphatic rings. The molecular formula is C24H34N4O3. The largest absolute Gasteiger partial charge is 0.491 e. The maximum atomic E-state index is 11.7. The third-order valence-electron chi connectivity index (χ3n) is 5.36. The Kier molecular flexibility index (Phi) is 8.97. The van der Waals surface area contributed by atoms with E-state index < -0.39 is 0 Å². The van der Waals surface area contributed by atoms with Gasteiger partial charge in [0.1, 0.15) is 12.4 Å². The van der Waals surface area contributed by atoms with Gasteiger partial charge in [-0.2, -0.15) is 0 Å². The highest BCUT2D eigenvalue weighted by atomic mass is 16.5. The molecule has 168 valence electrons. The van der Waals surface area contributed by atoms with E-state index in [-0.39, 0.29) is 11.7 Å². The van der Waals surface area contributed by atoms with Crippen molar-refractivity contribution in [1.82, 2.24) is 15.2 Å².